The summed E-state index contributed by atoms with van der Waals surface area (Å²) in [7, 11) is 0. The Morgan fingerprint density at radius 2 is 1.82 bits per heavy atom. The van der Waals surface area contributed by atoms with Crippen molar-refractivity contribution in [2.75, 3.05) is 6.61 Å². The molecule has 0 aromatic heterocycles. The molecule has 2 rings (SSSR count). The van der Waals surface area contributed by atoms with Crippen molar-refractivity contribution in [1.29, 1.82) is 0 Å². The second kappa shape index (κ2) is 7.84. The van der Waals surface area contributed by atoms with Crippen LogP contribution in [0, 0.1) is 13.1 Å². The van der Waals surface area contributed by atoms with Gasteiger partial charge in [0, 0.05) is 4.47 Å². The Morgan fingerprint density at radius 1 is 1.18 bits per heavy atom. The maximum Gasteiger partial charge on any atom is 0.402 e. The van der Waals surface area contributed by atoms with Crippen LogP contribution in [0.15, 0.2) is 53.0 Å². The minimum Gasteiger partial charge on any atom is -0.482 e. The number of rotatable bonds is 6. The molecule has 2 aromatic rings. The third-order valence-corrected chi connectivity index (χ3v) is 3.40. The topological polar surface area (TPSA) is 78.2 Å². The number of benzene rings is 2. The van der Waals surface area contributed by atoms with Gasteiger partial charge in [0.05, 0.1) is 0 Å². The van der Waals surface area contributed by atoms with Gasteiger partial charge >= 0.3 is 5.97 Å². The van der Waals surface area contributed by atoms with Gasteiger partial charge in [-0.1, -0.05) is 21.5 Å². The summed E-state index contributed by atoms with van der Waals surface area (Å²) in [5, 5.41) is 0. The van der Waals surface area contributed by atoms with Crippen LogP contribution >= 0.6 is 15.9 Å². The van der Waals surface area contributed by atoms with Crippen LogP contribution < -0.4 is 16.0 Å². The number of nitrogens with two attached hydrogens (primary N) is 2. The molecule has 0 unspecified atom stereocenters. The summed E-state index contributed by atoms with van der Waals surface area (Å²) in [5.74, 6) is 0.0774. The Labute approximate surface area is 137 Å². The molecule has 0 saturated carbocycles. The van der Waals surface area contributed by atoms with Gasteiger partial charge in [-0.3, -0.25) is 4.84 Å². The van der Waals surface area contributed by atoms with E-state index in [1.807, 2.05) is 43.3 Å². The average Bonchev–Trinajstić information content (AvgIpc) is 2.52. The maximum atomic E-state index is 11.6. The van der Waals surface area contributed by atoms with Crippen molar-refractivity contribution in [3.63, 3.8) is 0 Å². The highest BCUT2D eigenvalue weighted by Gasteiger charge is 2.10. The summed E-state index contributed by atoms with van der Waals surface area (Å²) in [6.07, 6.45) is 0.386. The van der Waals surface area contributed by atoms with Crippen LogP contribution in [0.25, 0.3) is 0 Å². The summed E-state index contributed by atoms with van der Waals surface area (Å²) in [5.41, 5.74) is 9.02. The van der Waals surface area contributed by atoms with E-state index in [0.717, 1.165) is 15.6 Å². The van der Waals surface area contributed by atoms with E-state index in [1.165, 1.54) is 5.48 Å². The Bertz CT molecular complexity index is 614. The van der Waals surface area contributed by atoms with Crippen molar-refractivity contribution in [2.45, 2.75) is 6.92 Å². The number of hydrogen-bond acceptors (Lipinski definition) is 4. The minimum absolute atomic E-state index is 0.181. The second-order valence-electron chi connectivity index (χ2n) is 4.67. The van der Waals surface area contributed by atoms with Crippen LogP contribution in [-0.4, -0.2) is 12.6 Å². The van der Waals surface area contributed by atoms with Crippen molar-refractivity contribution in [1.82, 2.24) is 0 Å². The van der Waals surface area contributed by atoms with Crippen LogP contribution in [-0.2, 0) is 9.63 Å². The van der Waals surface area contributed by atoms with Gasteiger partial charge in [0.15, 0.2) is 6.61 Å². The first-order valence-corrected chi connectivity index (χ1v) is 7.44. The van der Waals surface area contributed by atoms with Gasteiger partial charge in [0.25, 0.3) is 0 Å². The Balaban J connectivity index is 1.75. The predicted molar refractivity (Wildman–Crippen MR) is 85.4 cm³/mol. The summed E-state index contributed by atoms with van der Waals surface area (Å²) in [4.78, 5) is 16.6. The van der Waals surface area contributed by atoms with E-state index in [-0.39, 0.29) is 6.61 Å². The summed E-state index contributed by atoms with van der Waals surface area (Å²) >= 11 is 3.32. The monoisotopic (exact) mass is 364 g/mol. The normalized spacial score (nSPS) is 10.1. The molecule has 0 bridgehead atoms. The molecule has 0 fully saturated rings. The zero-order valence-electron chi connectivity index (χ0n) is 12.1. The summed E-state index contributed by atoms with van der Waals surface area (Å²) < 4.78 is 6.25. The molecule has 0 saturated heterocycles. The molecular formula is C16H17BrN2O3. The molecular weight excluding hydrogens is 348 g/mol. The van der Waals surface area contributed by atoms with E-state index in [4.69, 9.17) is 15.3 Å². The van der Waals surface area contributed by atoms with Crippen molar-refractivity contribution in [3.8, 4) is 5.75 Å². The molecule has 0 spiro atoms. The fraction of sp³-hybridized carbons (Fsp3) is 0.125. The number of aryl methyl sites for hydroxylation is 1. The smallest absolute Gasteiger partial charge is 0.402 e. The van der Waals surface area contributed by atoms with Crippen LogP contribution in [0.3, 0.4) is 0 Å². The molecule has 22 heavy (non-hydrogen) atoms. The van der Waals surface area contributed by atoms with Crippen molar-refractivity contribution < 1.29 is 19.8 Å². The van der Waals surface area contributed by atoms with Gasteiger partial charge in [-0.25, -0.2) is 4.79 Å². The molecule has 116 valence electrons. The standard InChI is InChI=1S/C16H17BrN2O3/c1-11-2-4-12(5-3-11)16(18)19-22-15(20)10-21-14-8-6-13(17)7-9-14/h2-9H,10,18-19H2,1H3. The number of quaternary nitrogens is 1. The second-order valence-corrected chi connectivity index (χ2v) is 5.59. The molecule has 0 aliphatic rings. The van der Waals surface area contributed by atoms with Crippen LogP contribution in [0.2, 0.25) is 0 Å². The molecule has 0 heterocycles. The number of halogens is 1. The molecule has 0 radical (unpaired) electrons. The number of carbonyl (C=O) groups is 1. The third kappa shape index (κ3) is 5.07. The summed E-state index contributed by atoms with van der Waals surface area (Å²) in [6.45, 7) is 1.81. The molecule has 2 aromatic carbocycles. The fourth-order valence-electron chi connectivity index (χ4n) is 1.65. The lowest BCUT2D eigenvalue weighted by Gasteiger charge is -2.16. The quantitative estimate of drug-likeness (QED) is 0.603. The van der Waals surface area contributed by atoms with E-state index in [9.17, 15) is 4.79 Å². The zero-order chi connectivity index (χ0) is 15.9. The van der Waals surface area contributed by atoms with Gasteiger partial charge in [0.2, 0.25) is 0 Å². The number of ether oxygens (including phenoxy) is 1. The highest BCUT2D eigenvalue weighted by Crippen LogP contribution is 2.15. The lowest BCUT2D eigenvalue weighted by atomic mass is 10.1. The van der Waals surface area contributed by atoms with E-state index in [2.05, 4.69) is 15.9 Å². The minimum atomic E-state index is -0.516. The fourth-order valence-corrected chi connectivity index (χ4v) is 1.91. The number of hydrogen-bond donors (Lipinski definition) is 2. The lowest BCUT2D eigenvalue weighted by molar-refractivity contribution is -0.857. The highest BCUT2D eigenvalue weighted by atomic mass is 79.9. The molecule has 0 atom stereocenters. The van der Waals surface area contributed by atoms with E-state index in [1.54, 1.807) is 12.1 Å². The maximum absolute atomic E-state index is 11.6. The van der Waals surface area contributed by atoms with Crippen LogP contribution in [0.4, 0.5) is 0 Å². The van der Waals surface area contributed by atoms with Crippen molar-refractivity contribution in [3.05, 3.63) is 70.3 Å². The third-order valence-electron chi connectivity index (χ3n) is 2.87. The van der Waals surface area contributed by atoms with Gasteiger partial charge < -0.3 is 10.5 Å². The average molecular weight is 365 g/mol. The molecule has 6 heteroatoms. The molecule has 4 N–H and O–H groups in total. The van der Waals surface area contributed by atoms with Crippen molar-refractivity contribution >= 4 is 21.9 Å². The van der Waals surface area contributed by atoms with E-state index < -0.39 is 5.97 Å². The van der Waals surface area contributed by atoms with Gasteiger partial charge in [-0.15, -0.1) is 17.7 Å². The van der Waals surface area contributed by atoms with Crippen LogP contribution in [0.5, 0.6) is 5.75 Å². The molecule has 0 aliphatic heterocycles. The molecule has 0 amide bonds. The number of carbonyl (C=O) groups excluding carboxylic acids is 1. The molecule has 0 aliphatic carbocycles. The number of hydroxylamine groups is 1. The largest absolute Gasteiger partial charge is 0.482 e. The predicted octanol–water partition coefficient (Wildman–Crippen LogP) is 1.65. The van der Waals surface area contributed by atoms with E-state index >= 15 is 0 Å². The first-order chi connectivity index (χ1) is 10.5. The zero-order valence-corrected chi connectivity index (χ0v) is 13.7. The molecule has 5 nitrogen and oxygen atoms in total. The van der Waals surface area contributed by atoms with Gasteiger partial charge in [-0.05, 0) is 31.2 Å². The van der Waals surface area contributed by atoms with E-state index in [0.29, 0.717) is 11.9 Å². The first kappa shape index (κ1) is 16.4. The van der Waals surface area contributed by atoms with Gasteiger partial charge in [0.1, 0.15) is 11.9 Å². The Hall–Kier alpha value is -2.02. The van der Waals surface area contributed by atoms with Gasteiger partial charge in [-0.2, -0.15) is 17.6 Å². The first-order valence-electron chi connectivity index (χ1n) is 6.65. The Kier molecular flexibility index (Phi) is 5.83. The summed E-state index contributed by atoms with van der Waals surface area (Å²) in [6, 6.07) is 14.8. The lowest BCUT2D eigenvalue weighted by Crippen LogP contribution is -2.88. The van der Waals surface area contributed by atoms with Crippen molar-refractivity contribution in [2.24, 2.45) is 5.73 Å². The SMILES string of the molecule is Cc1ccc([C-](N)[NH2+]OC(=O)COc2ccc(Br)cc2)cc1. The Morgan fingerprint density at radius 3 is 2.45 bits per heavy atom. The highest BCUT2D eigenvalue weighted by molar-refractivity contribution is 9.10. The van der Waals surface area contributed by atoms with Crippen LogP contribution in [0.1, 0.15) is 11.1 Å².